The van der Waals surface area contributed by atoms with E-state index in [4.69, 9.17) is 0 Å². The Morgan fingerprint density at radius 1 is 0.833 bits per heavy atom. The summed E-state index contributed by atoms with van der Waals surface area (Å²) in [6.45, 7) is -0.534. The summed E-state index contributed by atoms with van der Waals surface area (Å²) in [6, 6.07) is 8.79. The van der Waals surface area contributed by atoms with E-state index in [1.165, 1.54) is 20.9 Å². The Hall–Kier alpha value is -4.51. The molecule has 0 unspecified atom stereocenters. The van der Waals surface area contributed by atoms with E-state index < -0.39 is 61.1 Å². The number of phenols is 1. The van der Waals surface area contributed by atoms with Gasteiger partial charge in [0.1, 0.15) is 11.4 Å². The van der Waals surface area contributed by atoms with Crippen molar-refractivity contribution in [1.82, 2.24) is 14.8 Å². The van der Waals surface area contributed by atoms with Crippen molar-refractivity contribution in [2.45, 2.75) is 70.1 Å². The number of benzene rings is 1. The Morgan fingerprint density at radius 2 is 1.40 bits per heavy atom. The van der Waals surface area contributed by atoms with Gasteiger partial charge in [0.25, 0.3) is 0 Å². The van der Waals surface area contributed by atoms with Gasteiger partial charge in [0.15, 0.2) is 0 Å². The van der Waals surface area contributed by atoms with Gasteiger partial charge in [-0.1, -0.05) is 24.8 Å². The lowest BCUT2D eigenvalue weighted by Crippen LogP contribution is -2.50. The molecule has 6 N–H and O–H groups in total. The van der Waals surface area contributed by atoms with Crippen molar-refractivity contribution in [2.75, 3.05) is 26.2 Å². The number of carboxylic acid groups (broad SMARTS) is 4. The van der Waals surface area contributed by atoms with Gasteiger partial charge in [-0.25, -0.2) is 0 Å². The molecular weight excluding hydrogens is 622 g/mol. The number of nitrogens with zero attached hydrogens (tertiary/aromatic N) is 3. The minimum Gasteiger partial charge on any atom is -0.508 e. The van der Waals surface area contributed by atoms with Crippen molar-refractivity contribution in [3.05, 3.63) is 58.4 Å². The molecule has 2 fully saturated rings. The molecule has 1 aromatic heterocycles. The number of pyridine rings is 1. The van der Waals surface area contributed by atoms with Gasteiger partial charge in [-0.15, -0.1) is 0 Å². The molecule has 256 valence electrons. The van der Waals surface area contributed by atoms with Crippen LogP contribution >= 0.6 is 0 Å². The van der Waals surface area contributed by atoms with Crippen molar-refractivity contribution >= 4 is 23.9 Å². The Labute approximate surface area is 277 Å². The van der Waals surface area contributed by atoms with Crippen LogP contribution in [0.1, 0.15) is 73.0 Å². The molecule has 0 bridgehead atoms. The minimum absolute atomic E-state index is 0.175. The number of hydrogen-bond acceptors (Lipinski definition) is 9. The maximum Gasteiger partial charge on any atom is 0.317 e. The molecular formula is C35H41N3O10. The summed E-state index contributed by atoms with van der Waals surface area (Å²) in [6.07, 6.45) is 4.76. The van der Waals surface area contributed by atoms with Crippen LogP contribution in [0.4, 0.5) is 0 Å². The molecule has 13 nitrogen and oxygen atoms in total. The zero-order valence-electron chi connectivity index (χ0n) is 26.8. The molecule has 5 atom stereocenters. The van der Waals surface area contributed by atoms with E-state index in [1.807, 2.05) is 12.1 Å². The van der Waals surface area contributed by atoms with Crippen molar-refractivity contribution < 1.29 is 49.8 Å². The number of phenolic OH excluding ortho intramolecular Hbond substituents is 1. The first-order valence-electron chi connectivity index (χ1n) is 16.0. The first-order valence-corrected chi connectivity index (χ1v) is 16.0. The molecule has 13 heteroatoms. The molecule has 0 aliphatic heterocycles. The number of aliphatic carboxylic acids is 4. The lowest BCUT2D eigenvalue weighted by Gasteiger charge is -2.52. The number of aromatic nitrogens is 1. The first-order chi connectivity index (χ1) is 22.7. The highest BCUT2D eigenvalue weighted by atomic mass is 16.4. The topological polar surface area (TPSA) is 209 Å². The van der Waals surface area contributed by atoms with Gasteiger partial charge in [0.05, 0.1) is 37.6 Å². The number of fused-ring (bicyclic) bond motifs is 5. The highest BCUT2D eigenvalue weighted by Crippen LogP contribution is 2.64. The summed E-state index contributed by atoms with van der Waals surface area (Å²) in [5, 5.41) is 59.4. The number of aromatic hydroxyl groups is 1. The number of carbonyl (C=O) groups is 4. The average Bonchev–Trinajstić information content (AvgIpc) is 3.24. The van der Waals surface area contributed by atoms with E-state index in [1.54, 1.807) is 18.2 Å². The van der Waals surface area contributed by atoms with Gasteiger partial charge in [-0.05, 0) is 91.7 Å². The number of aryl methyl sites for hydroxylation is 1. The van der Waals surface area contributed by atoms with Gasteiger partial charge >= 0.3 is 23.9 Å². The number of rotatable bonds is 12. The van der Waals surface area contributed by atoms with Crippen LogP contribution in [0.5, 0.6) is 5.75 Å². The third-order valence-electron chi connectivity index (χ3n) is 10.4. The van der Waals surface area contributed by atoms with Crippen molar-refractivity contribution in [3.63, 3.8) is 0 Å². The van der Waals surface area contributed by atoms with Crippen molar-refractivity contribution in [3.8, 4) is 17.6 Å². The summed E-state index contributed by atoms with van der Waals surface area (Å²) >= 11 is 0. The maximum atomic E-state index is 12.2. The van der Waals surface area contributed by atoms with Gasteiger partial charge in [-0.2, -0.15) is 0 Å². The van der Waals surface area contributed by atoms with Crippen LogP contribution in [0.2, 0.25) is 0 Å². The van der Waals surface area contributed by atoms with Crippen LogP contribution in [-0.4, -0.2) is 101 Å². The van der Waals surface area contributed by atoms with E-state index in [0.717, 1.165) is 32.1 Å². The van der Waals surface area contributed by atoms with Crippen LogP contribution in [-0.2, 0) is 38.7 Å². The zero-order chi connectivity index (χ0) is 34.8. The number of carboxylic acids is 4. The molecule has 0 saturated heterocycles. The second kappa shape index (κ2) is 13.9. The standard InChI is InChI=1S/C35H41N3O10/c1-34-9-7-27-26-5-3-25(39)14-22(26)2-4-28(27)29(34)8-11-35(34,48)10-6-21-12-23(15-37(17-30(40)41)18-31(42)43)36-24(13-21)16-38(19-32(44)45)20-33(46)47/h3,5,12-14,27-29,39,48H,2,4,7-9,11,15-20H2,1H3,(H,40,41)(H,42,43)(H,44,45)(H,46,47)/t27-,28-,29+,34+,35+/m1/s1. The molecule has 0 radical (unpaired) electrons. The fourth-order valence-corrected chi connectivity index (χ4v) is 8.41. The van der Waals surface area contributed by atoms with E-state index in [0.29, 0.717) is 23.8 Å². The maximum absolute atomic E-state index is 12.2. The van der Waals surface area contributed by atoms with E-state index in [2.05, 4.69) is 23.7 Å². The van der Waals surface area contributed by atoms with E-state index in [-0.39, 0.29) is 36.1 Å². The fourth-order valence-electron chi connectivity index (χ4n) is 8.41. The first kappa shape index (κ1) is 34.8. The molecule has 1 heterocycles. The minimum atomic E-state index is -1.31. The van der Waals surface area contributed by atoms with E-state index >= 15 is 0 Å². The lowest BCUT2D eigenvalue weighted by molar-refractivity contribution is -0.144. The quantitative estimate of drug-likeness (QED) is 0.181. The predicted octanol–water partition coefficient (Wildman–Crippen LogP) is 2.37. The molecule has 0 amide bonds. The van der Waals surface area contributed by atoms with Crippen LogP contribution in [0.15, 0.2) is 30.3 Å². The largest absolute Gasteiger partial charge is 0.508 e. The molecule has 0 spiro atoms. The van der Waals surface area contributed by atoms with Crippen LogP contribution in [0, 0.1) is 29.1 Å². The van der Waals surface area contributed by atoms with Crippen LogP contribution < -0.4 is 0 Å². The Kier molecular flexibility index (Phi) is 10.1. The summed E-state index contributed by atoms with van der Waals surface area (Å²) in [5.74, 6) is 2.57. The molecule has 2 saturated carbocycles. The van der Waals surface area contributed by atoms with Gasteiger partial charge in [0, 0.05) is 24.1 Å². The van der Waals surface area contributed by atoms with Crippen molar-refractivity contribution in [2.24, 2.45) is 17.3 Å². The molecule has 3 aliphatic rings. The summed E-state index contributed by atoms with van der Waals surface area (Å²) in [5.41, 5.74) is 1.61. The Bertz CT molecular complexity index is 1580. The third-order valence-corrected chi connectivity index (χ3v) is 10.4. The highest BCUT2D eigenvalue weighted by Gasteiger charge is 2.61. The Morgan fingerprint density at radius 3 is 1.94 bits per heavy atom. The fraction of sp³-hybridized carbons (Fsp3) is 0.514. The SMILES string of the molecule is C[C@]12CC[C@@H]3c4ccc(O)cc4CC[C@H]3[C@@H]1CC[C@@]2(O)C#Cc1cc(CN(CC(=O)O)CC(=O)O)nc(CN(CC(=O)O)CC(=O)O)c1. The highest BCUT2D eigenvalue weighted by molar-refractivity contribution is 5.73. The summed E-state index contributed by atoms with van der Waals surface area (Å²) in [7, 11) is 0. The Balaban J connectivity index is 1.45. The molecule has 5 rings (SSSR count). The number of hydrogen-bond donors (Lipinski definition) is 6. The van der Waals surface area contributed by atoms with Crippen LogP contribution in [0.25, 0.3) is 0 Å². The molecule has 1 aromatic carbocycles. The summed E-state index contributed by atoms with van der Waals surface area (Å²) < 4.78 is 0. The normalized spacial score (nSPS) is 25.8. The third kappa shape index (κ3) is 7.62. The monoisotopic (exact) mass is 663 g/mol. The zero-order valence-corrected chi connectivity index (χ0v) is 26.8. The van der Waals surface area contributed by atoms with Crippen LogP contribution in [0.3, 0.4) is 0 Å². The van der Waals surface area contributed by atoms with Gasteiger partial charge in [0.2, 0.25) is 0 Å². The van der Waals surface area contributed by atoms with Crippen molar-refractivity contribution in [1.29, 1.82) is 0 Å². The molecule has 3 aliphatic carbocycles. The van der Waals surface area contributed by atoms with Gasteiger partial charge < -0.3 is 30.6 Å². The van der Waals surface area contributed by atoms with E-state index in [9.17, 15) is 49.8 Å². The predicted molar refractivity (Wildman–Crippen MR) is 170 cm³/mol. The second-order valence-corrected chi connectivity index (χ2v) is 13.6. The second-order valence-electron chi connectivity index (χ2n) is 13.6. The smallest absolute Gasteiger partial charge is 0.317 e. The van der Waals surface area contributed by atoms with Gasteiger partial charge in [-0.3, -0.25) is 34.0 Å². The average molecular weight is 664 g/mol. The lowest BCUT2D eigenvalue weighted by atomic mass is 9.53. The summed E-state index contributed by atoms with van der Waals surface area (Å²) in [4.78, 5) is 52.5. The molecule has 2 aromatic rings. The number of aliphatic hydroxyl groups is 1. The molecule has 48 heavy (non-hydrogen) atoms.